The summed E-state index contributed by atoms with van der Waals surface area (Å²) in [5.41, 5.74) is 5.47. The number of anilines is 3. The fourth-order valence-electron chi connectivity index (χ4n) is 5.57. The highest BCUT2D eigenvalue weighted by Crippen LogP contribution is 2.47. The smallest absolute Gasteiger partial charge is 0.196 e. The molecule has 2 unspecified atom stereocenters. The van der Waals surface area contributed by atoms with Gasteiger partial charge in [-0.05, 0) is 48.6 Å². The number of fused-ring (bicyclic) bond motifs is 2. The quantitative estimate of drug-likeness (QED) is 0.346. The van der Waals surface area contributed by atoms with Gasteiger partial charge in [0.2, 0.25) is 0 Å². The SMILES string of the molecule is COc1ccc(Nc2cc(N3CC(C)CC(C)C3)c3noc4c3c2C(=O)c2ccccc2-4)cc1. The van der Waals surface area contributed by atoms with Crippen LogP contribution in [0.5, 0.6) is 5.75 Å². The van der Waals surface area contributed by atoms with Crippen LogP contribution >= 0.6 is 0 Å². The van der Waals surface area contributed by atoms with E-state index in [0.29, 0.717) is 28.7 Å². The third kappa shape index (κ3) is 3.24. The summed E-state index contributed by atoms with van der Waals surface area (Å²) in [5.74, 6) is 2.60. The Morgan fingerprint density at radius 2 is 1.74 bits per heavy atom. The van der Waals surface area contributed by atoms with E-state index in [1.165, 1.54) is 6.42 Å². The number of methoxy groups -OCH3 is 1. The van der Waals surface area contributed by atoms with Crippen molar-refractivity contribution in [3.63, 3.8) is 0 Å². The van der Waals surface area contributed by atoms with Crippen LogP contribution in [0.2, 0.25) is 0 Å². The van der Waals surface area contributed by atoms with Crippen LogP contribution in [-0.2, 0) is 0 Å². The third-order valence-corrected chi connectivity index (χ3v) is 6.96. The molecule has 0 amide bonds. The number of carbonyl (C=O) groups is 1. The summed E-state index contributed by atoms with van der Waals surface area (Å²) in [6, 6.07) is 17.4. The zero-order chi connectivity index (χ0) is 23.4. The Labute approximate surface area is 198 Å². The van der Waals surface area contributed by atoms with Crippen molar-refractivity contribution in [3.8, 4) is 17.1 Å². The van der Waals surface area contributed by atoms with E-state index in [0.717, 1.165) is 52.4 Å². The molecule has 0 radical (unpaired) electrons. The molecule has 2 aliphatic rings. The number of piperidine rings is 1. The van der Waals surface area contributed by atoms with E-state index >= 15 is 0 Å². The summed E-state index contributed by atoms with van der Waals surface area (Å²) in [5, 5.41) is 8.81. The second-order valence-electron chi connectivity index (χ2n) is 9.63. The zero-order valence-electron chi connectivity index (χ0n) is 19.6. The number of carbonyl (C=O) groups excluding carboxylic acids is 1. The van der Waals surface area contributed by atoms with Crippen LogP contribution in [-0.4, -0.2) is 31.1 Å². The predicted molar refractivity (Wildman–Crippen MR) is 134 cm³/mol. The molecule has 6 rings (SSSR count). The van der Waals surface area contributed by atoms with Crippen LogP contribution in [0.1, 0.15) is 36.2 Å². The first-order valence-corrected chi connectivity index (χ1v) is 11.8. The minimum Gasteiger partial charge on any atom is -0.497 e. The number of rotatable bonds is 4. The molecule has 6 heteroatoms. The van der Waals surface area contributed by atoms with Gasteiger partial charge in [0.15, 0.2) is 11.5 Å². The lowest BCUT2D eigenvalue weighted by molar-refractivity contribution is 0.104. The summed E-state index contributed by atoms with van der Waals surface area (Å²) in [4.78, 5) is 16.1. The van der Waals surface area contributed by atoms with Crippen molar-refractivity contribution >= 4 is 33.7 Å². The Morgan fingerprint density at radius 3 is 2.44 bits per heavy atom. The molecular formula is C28H27N3O3. The zero-order valence-corrected chi connectivity index (χ0v) is 19.6. The summed E-state index contributed by atoms with van der Waals surface area (Å²) in [6.07, 6.45) is 1.21. The van der Waals surface area contributed by atoms with Crippen molar-refractivity contribution in [2.75, 3.05) is 30.4 Å². The summed E-state index contributed by atoms with van der Waals surface area (Å²) >= 11 is 0. The van der Waals surface area contributed by atoms with Gasteiger partial charge in [-0.2, -0.15) is 0 Å². The van der Waals surface area contributed by atoms with Crippen molar-refractivity contribution in [3.05, 3.63) is 65.7 Å². The number of hydrogen-bond donors (Lipinski definition) is 1. The van der Waals surface area contributed by atoms with Crippen LogP contribution in [0.4, 0.5) is 17.1 Å². The number of aromatic nitrogens is 1. The summed E-state index contributed by atoms with van der Waals surface area (Å²) in [7, 11) is 1.65. The fourth-order valence-corrected chi connectivity index (χ4v) is 5.57. The van der Waals surface area contributed by atoms with Crippen LogP contribution < -0.4 is 15.0 Å². The Hall–Kier alpha value is -3.80. The normalized spacial score (nSPS) is 19.3. The predicted octanol–water partition coefficient (Wildman–Crippen LogP) is 6.27. The molecule has 34 heavy (non-hydrogen) atoms. The fraction of sp³-hybridized carbons (Fsp3) is 0.286. The van der Waals surface area contributed by atoms with E-state index in [2.05, 4.69) is 35.3 Å². The Balaban J connectivity index is 1.57. The van der Waals surface area contributed by atoms with Gasteiger partial charge in [0.05, 0.1) is 29.4 Å². The first kappa shape index (κ1) is 20.8. The van der Waals surface area contributed by atoms with E-state index in [9.17, 15) is 4.79 Å². The lowest BCUT2D eigenvalue weighted by atomic mass is 9.85. The molecule has 0 bridgehead atoms. The Morgan fingerprint density at radius 1 is 1.03 bits per heavy atom. The number of ketones is 1. The molecule has 1 aliphatic heterocycles. The standard InChI is InChI=1S/C28H27N3O3/c1-16-12-17(2)15-31(14-16)23-13-22(29-18-8-10-19(33-3)11-9-18)24-25-26(23)30-34-28(25)21-7-5-4-6-20(21)27(24)32/h4-11,13,16-17,29H,12,14-15H2,1-3H3. The largest absolute Gasteiger partial charge is 0.497 e. The lowest BCUT2D eigenvalue weighted by Crippen LogP contribution is -2.39. The highest BCUT2D eigenvalue weighted by Gasteiger charge is 2.34. The summed E-state index contributed by atoms with van der Waals surface area (Å²) in [6.45, 7) is 6.49. The minimum absolute atomic E-state index is 0.0146. The Kier molecular flexibility index (Phi) is 4.83. The molecule has 6 nitrogen and oxygen atoms in total. The number of nitrogens with zero attached hydrogens (tertiary/aromatic N) is 2. The van der Waals surface area contributed by atoms with E-state index in [1.807, 2.05) is 48.5 Å². The van der Waals surface area contributed by atoms with Crippen LogP contribution in [0.25, 0.3) is 22.2 Å². The molecule has 1 N–H and O–H groups in total. The topological polar surface area (TPSA) is 67.6 Å². The average Bonchev–Trinajstić information content (AvgIpc) is 3.28. The van der Waals surface area contributed by atoms with Crippen molar-refractivity contribution in [2.24, 2.45) is 11.8 Å². The average molecular weight is 454 g/mol. The maximum atomic E-state index is 13.8. The molecule has 2 heterocycles. The van der Waals surface area contributed by atoms with Crippen LogP contribution in [0.3, 0.4) is 0 Å². The van der Waals surface area contributed by atoms with E-state index in [4.69, 9.17) is 9.26 Å². The first-order valence-electron chi connectivity index (χ1n) is 11.8. The highest BCUT2D eigenvalue weighted by molar-refractivity contribution is 6.28. The number of nitrogens with one attached hydrogen (secondary N) is 1. The van der Waals surface area contributed by atoms with Gasteiger partial charge in [0.1, 0.15) is 11.3 Å². The number of hydrogen-bond acceptors (Lipinski definition) is 6. The van der Waals surface area contributed by atoms with Crippen LogP contribution in [0.15, 0.2) is 59.1 Å². The van der Waals surface area contributed by atoms with E-state index in [-0.39, 0.29) is 5.78 Å². The van der Waals surface area contributed by atoms with Crippen molar-refractivity contribution in [1.29, 1.82) is 0 Å². The van der Waals surface area contributed by atoms with Crippen molar-refractivity contribution in [2.45, 2.75) is 20.3 Å². The second kappa shape index (κ2) is 7.90. The molecule has 4 aromatic rings. The van der Waals surface area contributed by atoms with Gasteiger partial charge in [-0.15, -0.1) is 0 Å². The van der Waals surface area contributed by atoms with Gasteiger partial charge in [0.25, 0.3) is 0 Å². The molecule has 2 atom stereocenters. The maximum absolute atomic E-state index is 13.8. The van der Waals surface area contributed by atoms with Crippen LogP contribution in [0, 0.1) is 11.8 Å². The van der Waals surface area contributed by atoms with E-state index < -0.39 is 0 Å². The molecule has 1 saturated heterocycles. The van der Waals surface area contributed by atoms with Crippen molar-refractivity contribution in [1.82, 2.24) is 5.16 Å². The second-order valence-corrected chi connectivity index (χ2v) is 9.63. The van der Waals surface area contributed by atoms with Gasteiger partial charge in [-0.25, -0.2) is 0 Å². The number of benzene rings is 3. The molecule has 172 valence electrons. The molecule has 0 spiro atoms. The molecular weight excluding hydrogens is 426 g/mol. The van der Waals surface area contributed by atoms with Crippen molar-refractivity contribution < 1.29 is 14.1 Å². The molecule has 3 aromatic carbocycles. The molecule has 1 aromatic heterocycles. The highest BCUT2D eigenvalue weighted by atomic mass is 16.5. The lowest BCUT2D eigenvalue weighted by Gasteiger charge is -2.37. The maximum Gasteiger partial charge on any atom is 0.196 e. The van der Waals surface area contributed by atoms with Gasteiger partial charge >= 0.3 is 0 Å². The number of ether oxygens (including phenoxy) is 1. The van der Waals surface area contributed by atoms with Gasteiger partial charge in [0, 0.05) is 29.9 Å². The van der Waals surface area contributed by atoms with Gasteiger partial charge in [-0.1, -0.05) is 43.3 Å². The summed E-state index contributed by atoms with van der Waals surface area (Å²) < 4.78 is 11.2. The first-order chi connectivity index (χ1) is 16.5. The monoisotopic (exact) mass is 453 g/mol. The third-order valence-electron chi connectivity index (χ3n) is 6.96. The molecule has 1 aliphatic carbocycles. The minimum atomic E-state index is -0.0146. The van der Waals surface area contributed by atoms with Gasteiger partial charge < -0.3 is 19.5 Å². The molecule has 0 saturated carbocycles. The van der Waals surface area contributed by atoms with Gasteiger partial charge in [-0.3, -0.25) is 4.79 Å². The molecule has 1 fully saturated rings. The van der Waals surface area contributed by atoms with E-state index in [1.54, 1.807) is 7.11 Å². The Bertz CT molecular complexity index is 1400.